The van der Waals surface area contributed by atoms with Gasteiger partial charge >= 0.3 is 5.97 Å². The van der Waals surface area contributed by atoms with Gasteiger partial charge in [-0.1, -0.05) is 23.7 Å². The number of esters is 1. The van der Waals surface area contributed by atoms with Gasteiger partial charge in [-0.15, -0.1) is 0 Å². The molecule has 0 atom stereocenters. The Kier molecular flexibility index (Phi) is 4.98. The number of anilines is 1. The summed E-state index contributed by atoms with van der Waals surface area (Å²) in [4.78, 5) is 20.0. The van der Waals surface area contributed by atoms with Gasteiger partial charge in [0.15, 0.2) is 0 Å². The minimum absolute atomic E-state index is 0.326. The van der Waals surface area contributed by atoms with Crippen molar-refractivity contribution in [3.05, 3.63) is 52.9 Å². The molecule has 1 aromatic carbocycles. The van der Waals surface area contributed by atoms with Gasteiger partial charge in [0.1, 0.15) is 16.6 Å². The van der Waals surface area contributed by atoms with E-state index in [1.807, 2.05) is 32.9 Å². The molecule has 1 heterocycles. The number of hydrogen-bond acceptors (Lipinski definition) is 5. The second-order valence-electron chi connectivity index (χ2n) is 5.78. The topological polar surface area (TPSA) is 64.1 Å². The van der Waals surface area contributed by atoms with Gasteiger partial charge in [0.2, 0.25) is 0 Å². The van der Waals surface area contributed by atoms with Crippen LogP contribution in [0.1, 0.15) is 36.7 Å². The molecule has 0 bridgehead atoms. The molecule has 5 nitrogen and oxygen atoms in total. The average Bonchev–Trinajstić information content (AvgIpc) is 2.44. The van der Waals surface area contributed by atoms with E-state index in [2.05, 4.69) is 15.3 Å². The highest BCUT2D eigenvalue weighted by Crippen LogP contribution is 2.14. The van der Waals surface area contributed by atoms with Gasteiger partial charge in [-0.05, 0) is 38.5 Å². The van der Waals surface area contributed by atoms with Crippen LogP contribution in [0.15, 0.2) is 36.7 Å². The molecule has 0 radical (unpaired) electrons. The summed E-state index contributed by atoms with van der Waals surface area (Å²) < 4.78 is 5.32. The number of carbonyl (C=O) groups excluding carboxylic acids is 1. The summed E-state index contributed by atoms with van der Waals surface area (Å²) in [5.74, 6) is 0.274. The first kappa shape index (κ1) is 16.2. The summed E-state index contributed by atoms with van der Waals surface area (Å²) in [6, 6.07) is 7.22. The highest BCUT2D eigenvalue weighted by molar-refractivity contribution is 6.29. The number of hydrogen-bond donors (Lipinski definition) is 1. The fraction of sp³-hybridized carbons (Fsp3) is 0.312. The quantitative estimate of drug-likeness (QED) is 0.871. The molecular formula is C16H18ClN3O2. The molecule has 0 saturated carbocycles. The first-order chi connectivity index (χ1) is 10.3. The van der Waals surface area contributed by atoms with Gasteiger partial charge < -0.3 is 10.1 Å². The van der Waals surface area contributed by atoms with Crippen LogP contribution in [0.2, 0.25) is 5.15 Å². The van der Waals surface area contributed by atoms with E-state index in [1.54, 1.807) is 18.3 Å². The number of nitrogens with zero attached hydrogens (tertiary/aromatic N) is 2. The van der Waals surface area contributed by atoms with Crippen LogP contribution >= 0.6 is 11.6 Å². The molecule has 0 unspecified atom stereocenters. The summed E-state index contributed by atoms with van der Waals surface area (Å²) in [5, 5.41) is 3.45. The second kappa shape index (κ2) is 6.75. The summed E-state index contributed by atoms with van der Waals surface area (Å²) in [6.45, 7) is 6.09. The molecule has 0 spiro atoms. The third kappa shape index (κ3) is 5.00. The lowest BCUT2D eigenvalue weighted by molar-refractivity contribution is 0.00695. The van der Waals surface area contributed by atoms with Crippen molar-refractivity contribution in [2.24, 2.45) is 0 Å². The zero-order chi connectivity index (χ0) is 16.2. The van der Waals surface area contributed by atoms with E-state index in [9.17, 15) is 4.79 Å². The second-order valence-corrected chi connectivity index (χ2v) is 6.17. The fourth-order valence-electron chi connectivity index (χ4n) is 1.72. The Bertz CT molecular complexity index is 651. The highest BCUT2D eigenvalue weighted by Gasteiger charge is 2.17. The van der Waals surface area contributed by atoms with Crippen molar-refractivity contribution in [2.45, 2.75) is 32.9 Å². The minimum Gasteiger partial charge on any atom is -0.456 e. The maximum atomic E-state index is 11.9. The predicted octanol–water partition coefficient (Wildman–Crippen LogP) is 3.70. The molecule has 0 aliphatic carbocycles. The molecule has 116 valence electrons. The van der Waals surface area contributed by atoms with Crippen molar-refractivity contribution >= 4 is 23.4 Å². The van der Waals surface area contributed by atoms with Gasteiger partial charge in [0.25, 0.3) is 0 Å². The summed E-state index contributed by atoms with van der Waals surface area (Å²) >= 11 is 5.77. The lowest BCUT2D eigenvalue weighted by Gasteiger charge is -2.19. The first-order valence-electron chi connectivity index (χ1n) is 6.87. The zero-order valence-corrected chi connectivity index (χ0v) is 13.5. The summed E-state index contributed by atoms with van der Waals surface area (Å²) in [5.41, 5.74) is 1.04. The third-order valence-electron chi connectivity index (χ3n) is 2.67. The number of halogens is 1. The van der Waals surface area contributed by atoms with E-state index in [0.717, 1.165) is 5.56 Å². The molecule has 0 aliphatic heterocycles. The highest BCUT2D eigenvalue weighted by atomic mass is 35.5. The van der Waals surface area contributed by atoms with Gasteiger partial charge in [-0.3, -0.25) is 4.98 Å². The van der Waals surface area contributed by atoms with E-state index >= 15 is 0 Å². The molecular weight excluding hydrogens is 302 g/mol. The Labute approximate surface area is 134 Å². The van der Waals surface area contributed by atoms with Crippen LogP contribution in [0, 0.1) is 0 Å². The van der Waals surface area contributed by atoms with Crippen molar-refractivity contribution < 1.29 is 9.53 Å². The Morgan fingerprint density at radius 1 is 1.23 bits per heavy atom. The molecule has 22 heavy (non-hydrogen) atoms. The Morgan fingerprint density at radius 2 is 1.91 bits per heavy atom. The maximum absolute atomic E-state index is 11.9. The molecule has 0 amide bonds. The van der Waals surface area contributed by atoms with E-state index in [1.165, 1.54) is 6.20 Å². The summed E-state index contributed by atoms with van der Waals surface area (Å²) in [7, 11) is 0. The predicted molar refractivity (Wildman–Crippen MR) is 86.0 cm³/mol. The average molecular weight is 320 g/mol. The van der Waals surface area contributed by atoms with E-state index < -0.39 is 5.60 Å². The lowest BCUT2D eigenvalue weighted by Crippen LogP contribution is -2.23. The van der Waals surface area contributed by atoms with Crippen molar-refractivity contribution in [3.8, 4) is 0 Å². The van der Waals surface area contributed by atoms with E-state index in [0.29, 0.717) is 23.1 Å². The van der Waals surface area contributed by atoms with Gasteiger partial charge in [-0.25, -0.2) is 9.78 Å². The van der Waals surface area contributed by atoms with Crippen LogP contribution < -0.4 is 5.32 Å². The molecule has 0 aliphatic rings. The molecule has 6 heteroatoms. The van der Waals surface area contributed by atoms with Crippen LogP contribution in [-0.2, 0) is 11.3 Å². The van der Waals surface area contributed by atoms with Crippen molar-refractivity contribution in [1.29, 1.82) is 0 Å². The van der Waals surface area contributed by atoms with Crippen molar-refractivity contribution in [1.82, 2.24) is 9.97 Å². The monoisotopic (exact) mass is 319 g/mol. The number of aromatic nitrogens is 2. The molecule has 1 N–H and O–H groups in total. The zero-order valence-electron chi connectivity index (χ0n) is 12.8. The SMILES string of the molecule is CC(C)(C)OC(=O)c1ccc(CNc2cncc(Cl)n2)cc1. The Morgan fingerprint density at radius 3 is 2.50 bits per heavy atom. The van der Waals surface area contributed by atoms with E-state index in [-0.39, 0.29) is 5.97 Å². The minimum atomic E-state index is -0.497. The van der Waals surface area contributed by atoms with Crippen LogP contribution in [0.25, 0.3) is 0 Å². The molecule has 0 saturated heterocycles. The van der Waals surface area contributed by atoms with Crippen LogP contribution in [0.5, 0.6) is 0 Å². The number of ether oxygens (including phenoxy) is 1. The standard InChI is InChI=1S/C16H18ClN3O2/c1-16(2,3)22-15(21)12-6-4-11(5-7-12)8-19-14-10-18-9-13(17)20-14/h4-7,9-10H,8H2,1-3H3,(H,19,20). The lowest BCUT2D eigenvalue weighted by atomic mass is 10.1. The largest absolute Gasteiger partial charge is 0.456 e. The summed E-state index contributed by atoms with van der Waals surface area (Å²) in [6.07, 6.45) is 3.07. The van der Waals surface area contributed by atoms with Crippen molar-refractivity contribution in [3.63, 3.8) is 0 Å². The normalized spacial score (nSPS) is 11.1. The van der Waals surface area contributed by atoms with Crippen LogP contribution in [-0.4, -0.2) is 21.5 Å². The van der Waals surface area contributed by atoms with Gasteiger partial charge in [0, 0.05) is 6.54 Å². The third-order valence-corrected chi connectivity index (χ3v) is 2.85. The van der Waals surface area contributed by atoms with Gasteiger partial charge in [-0.2, -0.15) is 0 Å². The molecule has 2 rings (SSSR count). The Hall–Kier alpha value is -2.14. The first-order valence-corrected chi connectivity index (χ1v) is 7.25. The van der Waals surface area contributed by atoms with Crippen molar-refractivity contribution in [2.75, 3.05) is 5.32 Å². The van der Waals surface area contributed by atoms with E-state index in [4.69, 9.17) is 16.3 Å². The Balaban J connectivity index is 1.96. The smallest absolute Gasteiger partial charge is 0.338 e. The fourth-order valence-corrected chi connectivity index (χ4v) is 1.86. The number of benzene rings is 1. The van der Waals surface area contributed by atoms with Gasteiger partial charge in [0.05, 0.1) is 18.0 Å². The maximum Gasteiger partial charge on any atom is 0.338 e. The van der Waals surface area contributed by atoms with Crippen LogP contribution in [0.3, 0.4) is 0 Å². The molecule has 2 aromatic rings. The number of nitrogens with one attached hydrogen (secondary N) is 1. The number of carbonyl (C=O) groups is 1. The number of rotatable bonds is 4. The van der Waals surface area contributed by atoms with Crippen LogP contribution in [0.4, 0.5) is 5.82 Å². The molecule has 1 aromatic heterocycles. The molecule has 0 fully saturated rings.